The summed E-state index contributed by atoms with van der Waals surface area (Å²) < 4.78 is 43.4. The number of carboxylic acids is 1. The lowest BCUT2D eigenvalue weighted by molar-refractivity contribution is -0.141. The molecule has 3 aromatic rings. The average Bonchev–Trinajstić information content (AvgIpc) is 3.31. The molecule has 1 aromatic heterocycles. The minimum absolute atomic E-state index is 0.193. The van der Waals surface area contributed by atoms with E-state index in [4.69, 9.17) is 15.6 Å². The molecule has 0 aliphatic heterocycles. The van der Waals surface area contributed by atoms with Crippen LogP contribution in [-0.2, 0) is 11.6 Å². The topological polar surface area (TPSA) is 111 Å². The Morgan fingerprint density at radius 2 is 1.71 bits per heavy atom. The fourth-order valence-electron chi connectivity index (χ4n) is 4.30. The highest BCUT2D eigenvalue weighted by atomic mass is 19.4. The zero-order chi connectivity index (χ0) is 28.1. The molecule has 1 fully saturated rings. The Balaban J connectivity index is 0.000000212. The lowest BCUT2D eigenvalue weighted by Gasteiger charge is -2.43. The van der Waals surface area contributed by atoms with Gasteiger partial charge in [0.05, 0.1) is 12.8 Å². The van der Waals surface area contributed by atoms with Gasteiger partial charge in [-0.05, 0) is 87.3 Å². The summed E-state index contributed by atoms with van der Waals surface area (Å²) in [5.41, 5.74) is 5.93. The van der Waals surface area contributed by atoms with Crippen molar-refractivity contribution in [2.45, 2.75) is 37.3 Å². The highest BCUT2D eigenvalue weighted by Crippen LogP contribution is 2.46. The molecule has 1 amide bonds. The highest BCUT2D eigenvalue weighted by molar-refractivity contribution is 5.92. The number of carboxylic acid groups (broad SMARTS) is 1. The Morgan fingerprint density at radius 1 is 1.11 bits per heavy atom. The van der Waals surface area contributed by atoms with Gasteiger partial charge in [-0.3, -0.25) is 4.79 Å². The zero-order valence-corrected chi connectivity index (χ0v) is 21.5. The number of aromatic nitrogens is 2. The Morgan fingerprint density at radius 3 is 2.13 bits per heavy atom. The van der Waals surface area contributed by atoms with Gasteiger partial charge in [-0.1, -0.05) is 18.6 Å². The molecule has 1 heterocycles. The summed E-state index contributed by atoms with van der Waals surface area (Å²) in [6.45, 7) is 1.11. The Labute approximate surface area is 218 Å². The van der Waals surface area contributed by atoms with Crippen LogP contribution in [0, 0.1) is 0 Å². The molecular weight excluding hydrogens is 501 g/mol. The van der Waals surface area contributed by atoms with E-state index in [9.17, 15) is 22.8 Å². The summed E-state index contributed by atoms with van der Waals surface area (Å²) >= 11 is 0. The minimum atomic E-state index is -4.71. The number of amides is 1. The van der Waals surface area contributed by atoms with Crippen LogP contribution >= 0.6 is 0 Å². The summed E-state index contributed by atoms with van der Waals surface area (Å²) in [7, 11) is 5.67. The van der Waals surface area contributed by atoms with Crippen molar-refractivity contribution in [1.82, 2.24) is 14.7 Å². The van der Waals surface area contributed by atoms with Gasteiger partial charge >= 0.3 is 12.1 Å². The zero-order valence-electron chi connectivity index (χ0n) is 21.5. The van der Waals surface area contributed by atoms with E-state index in [-0.39, 0.29) is 11.6 Å². The first kappa shape index (κ1) is 28.7. The largest absolute Gasteiger partial charge is 0.497 e. The fraction of sp³-hybridized carbons (Fsp3) is 0.370. The van der Waals surface area contributed by atoms with Crippen LogP contribution < -0.4 is 10.5 Å². The number of hydrogen-bond donors (Lipinski definition) is 2. The number of carbonyl (C=O) groups excluding carboxylic acids is 1. The Hall–Kier alpha value is -3.86. The van der Waals surface area contributed by atoms with Crippen LogP contribution in [0.25, 0.3) is 5.69 Å². The summed E-state index contributed by atoms with van der Waals surface area (Å²) in [4.78, 5) is 24.3. The molecular formula is C27H31F3N4O4. The molecule has 0 radical (unpaired) electrons. The summed E-state index contributed by atoms with van der Waals surface area (Å²) in [5, 5.41) is 12.3. The van der Waals surface area contributed by atoms with Gasteiger partial charge < -0.3 is 20.5 Å². The maximum absolute atomic E-state index is 12.6. The SMILES string of the molecule is CN(C)CCC1(c2ccc(C(N)=O)cc2)CCC1.COc1ccc(-n2nc(C(F)(F)F)cc2C(=O)O)cc1. The molecule has 0 spiro atoms. The van der Waals surface area contributed by atoms with Crippen LogP contribution in [0.3, 0.4) is 0 Å². The molecule has 1 aliphatic rings. The quantitative estimate of drug-likeness (QED) is 0.433. The first-order valence-corrected chi connectivity index (χ1v) is 12.0. The van der Waals surface area contributed by atoms with Crippen molar-refractivity contribution in [2.75, 3.05) is 27.7 Å². The third-order valence-corrected chi connectivity index (χ3v) is 6.67. The number of alkyl halides is 3. The molecule has 8 nitrogen and oxygen atoms in total. The number of rotatable bonds is 8. The number of benzene rings is 2. The number of ether oxygens (including phenoxy) is 1. The molecule has 3 N–H and O–H groups in total. The van der Waals surface area contributed by atoms with Crippen LogP contribution in [0.15, 0.2) is 54.6 Å². The lowest BCUT2D eigenvalue weighted by Crippen LogP contribution is -2.37. The number of halogens is 3. The van der Waals surface area contributed by atoms with Gasteiger partial charge in [0.15, 0.2) is 11.4 Å². The fourth-order valence-corrected chi connectivity index (χ4v) is 4.30. The van der Waals surface area contributed by atoms with Crippen LogP contribution in [0.2, 0.25) is 0 Å². The van der Waals surface area contributed by atoms with Gasteiger partial charge in [0.2, 0.25) is 5.91 Å². The van der Waals surface area contributed by atoms with Gasteiger partial charge in [-0.2, -0.15) is 18.3 Å². The number of methoxy groups -OCH3 is 1. The van der Waals surface area contributed by atoms with Gasteiger partial charge in [-0.15, -0.1) is 0 Å². The van der Waals surface area contributed by atoms with Crippen LogP contribution in [0.4, 0.5) is 13.2 Å². The summed E-state index contributed by atoms with van der Waals surface area (Å²) in [6, 6.07) is 14.2. The van der Waals surface area contributed by atoms with Crippen molar-refractivity contribution < 1.29 is 32.6 Å². The van der Waals surface area contributed by atoms with Crippen LogP contribution in [-0.4, -0.2) is 59.4 Å². The van der Waals surface area contributed by atoms with E-state index >= 15 is 0 Å². The molecule has 0 unspecified atom stereocenters. The number of primary amides is 1. The van der Waals surface area contributed by atoms with Crippen molar-refractivity contribution in [3.05, 3.63) is 77.1 Å². The van der Waals surface area contributed by atoms with E-state index in [1.54, 1.807) is 0 Å². The molecule has 38 heavy (non-hydrogen) atoms. The lowest BCUT2D eigenvalue weighted by atomic mass is 9.62. The predicted octanol–water partition coefficient (Wildman–Crippen LogP) is 4.76. The third kappa shape index (κ3) is 6.71. The molecule has 0 atom stereocenters. The molecule has 2 aromatic carbocycles. The first-order valence-electron chi connectivity index (χ1n) is 12.0. The van der Waals surface area contributed by atoms with Gasteiger partial charge in [0.1, 0.15) is 5.75 Å². The van der Waals surface area contributed by atoms with Crippen molar-refractivity contribution in [3.63, 3.8) is 0 Å². The standard InChI is InChI=1S/C15H22N2O.C12H9F3N2O3/c1-17(2)11-10-15(8-3-9-15)13-6-4-12(5-7-13)14(16)18;1-20-8-4-2-7(3-5-8)17-9(11(18)19)6-10(16-17)12(13,14)15/h4-7H,3,8-11H2,1-2H3,(H2,16,18);2-6H,1H3,(H,18,19). The second-order valence-electron chi connectivity index (χ2n) is 9.46. The number of nitrogens with two attached hydrogens (primary N) is 1. The smallest absolute Gasteiger partial charge is 0.435 e. The Bertz CT molecular complexity index is 1250. The van der Waals surface area contributed by atoms with Crippen molar-refractivity contribution >= 4 is 11.9 Å². The molecule has 1 aliphatic carbocycles. The number of nitrogens with zero attached hydrogens (tertiary/aromatic N) is 3. The van der Waals surface area contributed by atoms with Crippen LogP contribution in [0.5, 0.6) is 5.75 Å². The average molecular weight is 533 g/mol. The monoisotopic (exact) mass is 532 g/mol. The van der Waals surface area contributed by atoms with Gasteiger partial charge in [0.25, 0.3) is 0 Å². The molecule has 0 saturated heterocycles. The number of carbonyl (C=O) groups is 2. The molecule has 11 heteroatoms. The molecule has 204 valence electrons. The van der Waals surface area contributed by atoms with Gasteiger partial charge in [-0.25, -0.2) is 9.48 Å². The van der Waals surface area contributed by atoms with Crippen LogP contribution in [0.1, 0.15) is 57.8 Å². The highest BCUT2D eigenvalue weighted by Gasteiger charge is 2.38. The summed E-state index contributed by atoms with van der Waals surface area (Å²) in [6.07, 6.45) is 0.316. The second-order valence-corrected chi connectivity index (χ2v) is 9.46. The first-order chi connectivity index (χ1) is 17.9. The van der Waals surface area contributed by atoms with Gasteiger partial charge in [0, 0.05) is 11.6 Å². The van der Waals surface area contributed by atoms with E-state index in [1.807, 2.05) is 12.1 Å². The normalized spacial score (nSPS) is 14.3. The summed E-state index contributed by atoms with van der Waals surface area (Å²) in [5.74, 6) is -1.35. The van der Waals surface area contributed by atoms with E-state index in [2.05, 4.69) is 36.2 Å². The van der Waals surface area contributed by atoms with Crippen molar-refractivity contribution in [1.29, 1.82) is 0 Å². The molecule has 4 rings (SSSR count). The van der Waals surface area contributed by atoms with Crippen molar-refractivity contribution in [3.8, 4) is 11.4 Å². The third-order valence-electron chi connectivity index (χ3n) is 6.67. The second kappa shape index (κ2) is 11.7. The Kier molecular flexibility index (Phi) is 8.82. The predicted molar refractivity (Wildman–Crippen MR) is 136 cm³/mol. The maximum atomic E-state index is 12.6. The molecule has 1 saturated carbocycles. The minimum Gasteiger partial charge on any atom is -0.497 e. The van der Waals surface area contributed by atoms with E-state index in [0.29, 0.717) is 22.8 Å². The maximum Gasteiger partial charge on any atom is 0.435 e. The number of aromatic carboxylic acids is 1. The van der Waals surface area contributed by atoms with E-state index in [0.717, 1.165) is 11.2 Å². The van der Waals surface area contributed by atoms with E-state index < -0.39 is 23.5 Å². The van der Waals surface area contributed by atoms with E-state index in [1.165, 1.54) is 62.6 Å². The molecule has 0 bridgehead atoms. The number of hydrogen-bond acceptors (Lipinski definition) is 5. The van der Waals surface area contributed by atoms with Crippen molar-refractivity contribution in [2.24, 2.45) is 5.73 Å².